The number of hydrogen-bond donors (Lipinski definition) is 1. The summed E-state index contributed by atoms with van der Waals surface area (Å²) in [5.41, 5.74) is 0. The van der Waals surface area contributed by atoms with Crippen LogP contribution in [-0.4, -0.2) is 71.5 Å². The van der Waals surface area contributed by atoms with E-state index >= 15 is 0 Å². The molecule has 1 amide bonds. The first-order chi connectivity index (χ1) is 11.9. The predicted octanol–water partition coefficient (Wildman–Crippen LogP) is 2.07. The van der Waals surface area contributed by atoms with Gasteiger partial charge in [-0.25, -0.2) is 9.98 Å². The number of guanidine groups is 1. The molecule has 1 aromatic rings. The largest absolute Gasteiger partial charge is 0.356 e. The predicted molar refractivity (Wildman–Crippen MR) is 116 cm³/mol. The fraction of sp³-hybridized carbons (Fsp3) is 0.722. The molecule has 1 fully saturated rings. The number of nitrogens with one attached hydrogen (secondary N) is 1. The van der Waals surface area contributed by atoms with Crippen molar-refractivity contribution in [3.05, 3.63) is 18.7 Å². The van der Waals surface area contributed by atoms with Gasteiger partial charge in [0.05, 0.1) is 12.4 Å². The fourth-order valence-corrected chi connectivity index (χ4v) is 2.94. The molecule has 1 aliphatic heterocycles. The van der Waals surface area contributed by atoms with Crippen molar-refractivity contribution in [2.75, 3.05) is 40.3 Å². The van der Waals surface area contributed by atoms with Crippen LogP contribution in [0.4, 0.5) is 0 Å². The Morgan fingerprint density at radius 2 is 2.15 bits per heavy atom. The van der Waals surface area contributed by atoms with Crippen LogP contribution >= 0.6 is 24.0 Å². The number of rotatable bonds is 5. The normalized spacial score (nSPS) is 20.7. The Kier molecular flexibility index (Phi) is 9.38. The van der Waals surface area contributed by atoms with Gasteiger partial charge in [0.1, 0.15) is 6.54 Å². The van der Waals surface area contributed by atoms with Crippen LogP contribution in [0, 0.1) is 11.8 Å². The maximum atomic E-state index is 11.9. The number of nitrogens with zero attached hydrogens (tertiary/aromatic N) is 5. The molecule has 7 nitrogen and oxygen atoms in total. The highest BCUT2D eigenvalue weighted by Gasteiger charge is 2.29. The Morgan fingerprint density at radius 3 is 2.73 bits per heavy atom. The number of likely N-dealkylation sites (N-methyl/N-ethyl adjacent to an activating group) is 1. The van der Waals surface area contributed by atoms with E-state index in [-0.39, 0.29) is 36.4 Å². The van der Waals surface area contributed by atoms with Gasteiger partial charge in [0.25, 0.3) is 0 Å². The van der Waals surface area contributed by atoms with Crippen LogP contribution < -0.4 is 5.32 Å². The van der Waals surface area contributed by atoms with Crippen molar-refractivity contribution in [3.63, 3.8) is 0 Å². The molecule has 8 heteroatoms. The molecule has 0 aromatic carbocycles. The van der Waals surface area contributed by atoms with Crippen LogP contribution in [0.3, 0.4) is 0 Å². The summed E-state index contributed by atoms with van der Waals surface area (Å²) in [7, 11) is 3.52. The number of carbonyl (C=O) groups is 1. The highest BCUT2D eigenvalue weighted by atomic mass is 127. The second-order valence-corrected chi connectivity index (χ2v) is 7.49. The van der Waals surface area contributed by atoms with Gasteiger partial charge in [-0.15, -0.1) is 24.0 Å². The van der Waals surface area contributed by atoms with E-state index in [1.54, 1.807) is 19.0 Å². The molecule has 148 valence electrons. The number of imidazole rings is 1. The Bertz CT molecular complexity index is 572. The van der Waals surface area contributed by atoms with Gasteiger partial charge in [0.15, 0.2) is 5.96 Å². The molecule has 2 unspecified atom stereocenters. The molecule has 1 aliphatic rings. The van der Waals surface area contributed by atoms with Gasteiger partial charge in [0, 0.05) is 46.1 Å². The first-order valence-electron chi connectivity index (χ1n) is 9.09. The summed E-state index contributed by atoms with van der Waals surface area (Å²) in [6.07, 6.45) is 6.83. The lowest BCUT2D eigenvalue weighted by Gasteiger charge is -2.39. The van der Waals surface area contributed by atoms with E-state index in [4.69, 9.17) is 0 Å². The van der Waals surface area contributed by atoms with Crippen molar-refractivity contribution in [1.82, 2.24) is 24.7 Å². The molecule has 2 atom stereocenters. The molecular formula is C18H33IN6O. The summed E-state index contributed by atoms with van der Waals surface area (Å²) in [5.74, 6) is 1.95. The van der Waals surface area contributed by atoms with E-state index in [0.717, 1.165) is 32.0 Å². The smallest absolute Gasteiger partial charge is 0.243 e. The minimum Gasteiger partial charge on any atom is -0.356 e. The highest BCUT2D eigenvalue weighted by Crippen LogP contribution is 2.27. The summed E-state index contributed by atoms with van der Waals surface area (Å²) < 4.78 is 2.18. The number of hydrogen-bond acceptors (Lipinski definition) is 3. The number of aliphatic imine (C=N–C) groups is 1. The molecule has 1 aromatic heterocycles. The van der Waals surface area contributed by atoms with Crippen molar-refractivity contribution in [2.45, 2.75) is 33.2 Å². The molecule has 2 heterocycles. The molecule has 0 radical (unpaired) electrons. The summed E-state index contributed by atoms with van der Waals surface area (Å²) in [5, 5.41) is 3.44. The highest BCUT2D eigenvalue weighted by molar-refractivity contribution is 14.0. The number of halogens is 1. The molecule has 0 spiro atoms. The fourth-order valence-electron chi connectivity index (χ4n) is 2.94. The van der Waals surface area contributed by atoms with Gasteiger partial charge >= 0.3 is 0 Å². The van der Waals surface area contributed by atoms with E-state index in [1.165, 1.54) is 0 Å². The number of likely N-dealkylation sites (tertiary alicyclic amines) is 1. The van der Waals surface area contributed by atoms with E-state index in [1.807, 2.05) is 18.7 Å². The lowest BCUT2D eigenvalue weighted by molar-refractivity contribution is -0.127. The van der Waals surface area contributed by atoms with Crippen LogP contribution in [0.2, 0.25) is 0 Å². The number of aromatic nitrogens is 2. The maximum Gasteiger partial charge on any atom is 0.243 e. The third-order valence-electron chi connectivity index (χ3n) is 4.66. The van der Waals surface area contributed by atoms with Crippen LogP contribution in [0.5, 0.6) is 0 Å². The van der Waals surface area contributed by atoms with Gasteiger partial charge < -0.3 is 19.7 Å². The average Bonchev–Trinajstić information content (AvgIpc) is 3.09. The molecular weight excluding hydrogens is 443 g/mol. The summed E-state index contributed by atoms with van der Waals surface area (Å²) in [6, 6.07) is 0.367. The van der Waals surface area contributed by atoms with E-state index < -0.39 is 0 Å². The summed E-state index contributed by atoms with van der Waals surface area (Å²) >= 11 is 0. The van der Waals surface area contributed by atoms with Crippen LogP contribution in [-0.2, 0) is 4.79 Å². The monoisotopic (exact) mass is 476 g/mol. The van der Waals surface area contributed by atoms with Crippen molar-refractivity contribution in [3.8, 4) is 0 Å². The SMILES string of the molecule is CC(C)CNC(=NCC(=O)N(C)C)N1CCC(C)C(n2ccnc2)C1.I. The molecule has 0 bridgehead atoms. The third kappa shape index (κ3) is 6.44. The van der Waals surface area contributed by atoms with Gasteiger partial charge in [-0.05, 0) is 18.3 Å². The zero-order chi connectivity index (χ0) is 18.4. The summed E-state index contributed by atoms with van der Waals surface area (Å²) in [6.45, 7) is 9.47. The number of piperidine rings is 1. The molecule has 0 saturated carbocycles. The Labute approximate surface area is 174 Å². The van der Waals surface area contributed by atoms with Crippen LogP contribution in [0.1, 0.15) is 33.2 Å². The van der Waals surface area contributed by atoms with Crippen molar-refractivity contribution in [2.24, 2.45) is 16.8 Å². The van der Waals surface area contributed by atoms with Gasteiger partial charge in [-0.2, -0.15) is 0 Å². The minimum atomic E-state index is 0. The molecule has 26 heavy (non-hydrogen) atoms. The quantitative estimate of drug-likeness (QED) is 0.402. The first kappa shape index (κ1) is 22.7. The third-order valence-corrected chi connectivity index (χ3v) is 4.66. The average molecular weight is 476 g/mol. The van der Waals surface area contributed by atoms with E-state index in [0.29, 0.717) is 17.9 Å². The molecule has 0 aliphatic carbocycles. The van der Waals surface area contributed by atoms with Crippen molar-refractivity contribution in [1.29, 1.82) is 0 Å². The summed E-state index contributed by atoms with van der Waals surface area (Å²) in [4.78, 5) is 24.6. The van der Waals surface area contributed by atoms with E-state index in [9.17, 15) is 4.79 Å². The van der Waals surface area contributed by atoms with Crippen LogP contribution in [0.15, 0.2) is 23.7 Å². The second-order valence-electron chi connectivity index (χ2n) is 7.49. The molecule has 1 saturated heterocycles. The topological polar surface area (TPSA) is 65.8 Å². The number of amides is 1. The second kappa shape index (κ2) is 10.7. The molecule has 2 rings (SSSR count). The lowest BCUT2D eigenvalue weighted by atomic mass is 9.93. The zero-order valence-corrected chi connectivity index (χ0v) is 18.9. The lowest BCUT2D eigenvalue weighted by Crippen LogP contribution is -2.50. The Balaban J connectivity index is 0.00000338. The number of carbonyl (C=O) groups excluding carboxylic acids is 1. The van der Waals surface area contributed by atoms with Crippen molar-refractivity contribution >= 4 is 35.8 Å². The maximum absolute atomic E-state index is 11.9. The van der Waals surface area contributed by atoms with Gasteiger partial charge in [0.2, 0.25) is 5.91 Å². The van der Waals surface area contributed by atoms with Gasteiger partial charge in [-0.1, -0.05) is 20.8 Å². The Hall–Kier alpha value is -1.32. The van der Waals surface area contributed by atoms with Gasteiger partial charge in [-0.3, -0.25) is 4.79 Å². The minimum absolute atomic E-state index is 0. The standard InChI is InChI=1S/C18H32N6O.HI/c1-14(2)10-20-18(21-11-17(25)22(4)5)23-8-6-15(3)16(12-23)24-9-7-19-13-24;/h7,9,13-16H,6,8,10-12H2,1-5H3,(H,20,21);1H. The molecule has 1 N–H and O–H groups in total. The van der Waals surface area contributed by atoms with E-state index in [2.05, 4.69) is 45.5 Å². The zero-order valence-electron chi connectivity index (χ0n) is 16.6. The first-order valence-corrected chi connectivity index (χ1v) is 9.09. The van der Waals surface area contributed by atoms with Crippen LogP contribution in [0.25, 0.3) is 0 Å². The Morgan fingerprint density at radius 1 is 1.42 bits per heavy atom. The van der Waals surface area contributed by atoms with Crippen molar-refractivity contribution < 1.29 is 4.79 Å².